The molecule has 0 radical (unpaired) electrons. The highest BCUT2D eigenvalue weighted by Gasteiger charge is 2.32. The quantitative estimate of drug-likeness (QED) is 0.450. The van der Waals surface area contributed by atoms with Crippen molar-refractivity contribution in [1.82, 2.24) is 0 Å². The summed E-state index contributed by atoms with van der Waals surface area (Å²) in [5, 5.41) is 0. The molecule has 0 atom stereocenters. The van der Waals surface area contributed by atoms with Gasteiger partial charge in [-0.15, -0.1) is 0 Å². The molecule has 0 aliphatic carbocycles. The zero-order valence-electron chi connectivity index (χ0n) is 9.26. The lowest BCUT2D eigenvalue weighted by Gasteiger charge is -2.25. The first-order valence-electron chi connectivity index (χ1n) is 4.92. The molecule has 0 heterocycles. The Labute approximate surface area is 82.6 Å². The maximum atomic E-state index is 5.45. The van der Waals surface area contributed by atoms with Crippen LogP contribution in [-0.4, -0.2) is 36.0 Å². The number of hydrogen-bond acceptors (Lipinski definition) is 3. The number of rotatable bonds is 8. The van der Waals surface area contributed by atoms with E-state index in [1.807, 2.05) is 0 Å². The molecule has 4 heteroatoms. The third kappa shape index (κ3) is 4.76. The van der Waals surface area contributed by atoms with E-state index < -0.39 is 8.56 Å². The van der Waals surface area contributed by atoms with Gasteiger partial charge in [-0.2, -0.15) is 0 Å². The molecule has 80 valence electrons. The largest absolute Gasteiger partial charge is 0.398 e. The first-order valence-corrected chi connectivity index (χ1v) is 7.15. The molecule has 0 unspecified atom stereocenters. The van der Waals surface area contributed by atoms with Crippen LogP contribution in [0.25, 0.3) is 0 Å². The van der Waals surface area contributed by atoms with E-state index in [9.17, 15) is 0 Å². The van der Waals surface area contributed by atoms with Crippen LogP contribution in [0.5, 0.6) is 0 Å². The highest BCUT2D eigenvalue weighted by Crippen LogP contribution is 2.16. The Kier molecular flexibility index (Phi) is 7.55. The van der Waals surface area contributed by atoms with E-state index >= 15 is 0 Å². The molecular weight excluding hydrogens is 184 g/mol. The van der Waals surface area contributed by atoms with Crippen molar-refractivity contribution in [3.63, 3.8) is 0 Å². The molecule has 0 aromatic heterocycles. The van der Waals surface area contributed by atoms with Crippen LogP contribution in [0.1, 0.15) is 20.3 Å². The summed E-state index contributed by atoms with van der Waals surface area (Å²) in [4.78, 5) is 0. The molecule has 0 saturated carbocycles. The minimum Gasteiger partial charge on any atom is -0.398 e. The summed E-state index contributed by atoms with van der Waals surface area (Å²) in [5.41, 5.74) is 0. The van der Waals surface area contributed by atoms with Gasteiger partial charge in [0.2, 0.25) is 0 Å². The normalized spacial score (nSPS) is 12.0. The van der Waals surface area contributed by atoms with Crippen molar-refractivity contribution in [2.75, 3.05) is 27.4 Å². The van der Waals surface area contributed by atoms with Gasteiger partial charge in [0.1, 0.15) is 0 Å². The number of hydrogen-bond donors (Lipinski definition) is 0. The third-order valence-corrected chi connectivity index (χ3v) is 5.79. The second-order valence-corrected chi connectivity index (χ2v) is 6.88. The van der Waals surface area contributed by atoms with E-state index in [1.165, 1.54) is 0 Å². The Bertz CT molecular complexity index is 107. The molecule has 0 bridgehead atoms. The smallest absolute Gasteiger partial charge is 0.339 e. The fourth-order valence-electron chi connectivity index (χ4n) is 1.23. The van der Waals surface area contributed by atoms with Crippen LogP contribution in [0.3, 0.4) is 0 Å². The van der Waals surface area contributed by atoms with Gasteiger partial charge in [-0.25, -0.2) is 0 Å². The van der Waals surface area contributed by atoms with Gasteiger partial charge in [0, 0.05) is 33.5 Å². The Morgan fingerprint density at radius 1 is 1.00 bits per heavy atom. The molecule has 0 aliphatic heterocycles. The van der Waals surface area contributed by atoms with Crippen molar-refractivity contribution in [1.29, 1.82) is 0 Å². The summed E-state index contributed by atoms with van der Waals surface area (Å²) in [5.74, 6) is 0. The molecular formula is C9H22O3Si. The van der Waals surface area contributed by atoms with Crippen molar-refractivity contribution < 1.29 is 13.6 Å². The van der Waals surface area contributed by atoms with Crippen LogP contribution in [-0.2, 0) is 13.6 Å². The van der Waals surface area contributed by atoms with Gasteiger partial charge in [0.15, 0.2) is 0 Å². The molecule has 13 heavy (non-hydrogen) atoms. The molecule has 0 saturated heterocycles. The average molecular weight is 206 g/mol. The van der Waals surface area contributed by atoms with Gasteiger partial charge < -0.3 is 13.6 Å². The third-order valence-electron chi connectivity index (χ3n) is 2.26. The molecule has 3 nitrogen and oxygen atoms in total. The van der Waals surface area contributed by atoms with Gasteiger partial charge in [-0.1, -0.05) is 13.8 Å². The van der Waals surface area contributed by atoms with E-state index in [-0.39, 0.29) is 0 Å². The Morgan fingerprint density at radius 2 is 1.62 bits per heavy atom. The van der Waals surface area contributed by atoms with Gasteiger partial charge in [-0.3, -0.25) is 0 Å². The van der Waals surface area contributed by atoms with E-state index in [0.29, 0.717) is 0 Å². The van der Waals surface area contributed by atoms with Crippen molar-refractivity contribution in [3.8, 4) is 0 Å². The maximum Gasteiger partial charge on any atom is 0.339 e. The Hall–Kier alpha value is 0.0969. The standard InChI is InChI=1S/C9H22O3Si/c1-5-7-12-8-9-13(6-2,10-3)11-4/h5-9H2,1-4H3. The van der Waals surface area contributed by atoms with Gasteiger partial charge in [0.25, 0.3) is 0 Å². The van der Waals surface area contributed by atoms with E-state index in [1.54, 1.807) is 14.2 Å². The summed E-state index contributed by atoms with van der Waals surface area (Å²) < 4.78 is 16.3. The van der Waals surface area contributed by atoms with Crippen LogP contribution >= 0.6 is 0 Å². The molecule has 0 amide bonds. The molecule has 0 spiro atoms. The molecule has 0 fully saturated rings. The highest BCUT2D eigenvalue weighted by molar-refractivity contribution is 6.67. The topological polar surface area (TPSA) is 27.7 Å². The minimum atomic E-state index is -1.89. The lowest BCUT2D eigenvalue weighted by atomic mass is 10.5. The zero-order chi connectivity index (χ0) is 10.2. The van der Waals surface area contributed by atoms with Crippen molar-refractivity contribution in [3.05, 3.63) is 0 Å². The molecule has 0 aliphatic rings. The predicted molar refractivity (Wildman–Crippen MR) is 56.2 cm³/mol. The summed E-state index contributed by atoms with van der Waals surface area (Å²) in [6, 6.07) is 1.91. The molecule has 0 aromatic rings. The molecule has 0 aromatic carbocycles. The first-order chi connectivity index (χ1) is 6.24. The summed E-state index contributed by atoms with van der Waals surface area (Å²) in [7, 11) is 1.58. The Balaban J connectivity index is 3.68. The van der Waals surface area contributed by atoms with Gasteiger partial charge in [-0.05, 0) is 12.5 Å². The van der Waals surface area contributed by atoms with E-state index in [2.05, 4.69) is 13.8 Å². The van der Waals surface area contributed by atoms with E-state index in [0.717, 1.165) is 31.7 Å². The summed E-state index contributed by atoms with van der Waals surface area (Å²) in [6.07, 6.45) is 1.07. The summed E-state index contributed by atoms with van der Waals surface area (Å²) >= 11 is 0. The van der Waals surface area contributed by atoms with Crippen molar-refractivity contribution >= 4 is 8.56 Å². The van der Waals surface area contributed by atoms with Crippen LogP contribution in [0.15, 0.2) is 0 Å². The van der Waals surface area contributed by atoms with Gasteiger partial charge in [0.05, 0.1) is 0 Å². The second kappa shape index (κ2) is 7.50. The Morgan fingerprint density at radius 3 is 2.00 bits per heavy atom. The predicted octanol–water partition coefficient (Wildman–Crippen LogP) is 2.17. The zero-order valence-corrected chi connectivity index (χ0v) is 10.3. The van der Waals surface area contributed by atoms with Crippen molar-refractivity contribution in [2.45, 2.75) is 32.4 Å². The lowest BCUT2D eigenvalue weighted by Crippen LogP contribution is -2.40. The summed E-state index contributed by atoms with van der Waals surface area (Å²) in [6.45, 7) is 5.81. The van der Waals surface area contributed by atoms with Crippen LogP contribution in [0, 0.1) is 0 Å². The van der Waals surface area contributed by atoms with Crippen LogP contribution in [0.4, 0.5) is 0 Å². The van der Waals surface area contributed by atoms with Gasteiger partial charge >= 0.3 is 8.56 Å². The fourth-order valence-corrected chi connectivity index (χ4v) is 3.19. The monoisotopic (exact) mass is 206 g/mol. The van der Waals surface area contributed by atoms with Crippen molar-refractivity contribution in [2.24, 2.45) is 0 Å². The minimum absolute atomic E-state index is 0.760. The average Bonchev–Trinajstić information content (AvgIpc) is 2.20. The molecule has 0 N–H and O–H groups in total. The first kappa shape index (κ1) is 13.1. The van der Waals surface area contributed by atoms with Crippen LogP contribution < -0.4 is 0 Å². The molecule has 0 rings (SSSR count). The second-order valence-electron chi connectivity index (χ2n) is 3.03. The fraction of sp³-hybridized carbons (Fsp3) is 1.00. The van der Waals surface area contributed by atoms with Crippen LogP contribution in [0.2, 0.25) is 12.1 Å². The van der Waals surface area contributed by atoms with E-state index in [4.69, 9.17) is 13.6 Å². The number of ether oxygens (including phenoxy) is 1. The lowest BCUT2D eigenvalue weighted by molar-refractivity contribution is 0.135. The maximum absolute atomic E-state index is 5.45. The highest BCUT2D eigenvalue weighted by atomic mass is 28.4. The SMILES string of the molecule is CCCOCC[Si](CC)(OC)OC.